The van der Waals surface area contributed by atoms with Gasteiger partial charge in [0.15, 0.2) is 17.5 Å². The molecule has 7 rings (SSSR count). The Labute approximate surface area is 215 Å². The second-order valence-corrected chi connectivity index (χ2v) is 9.31. The summed E-state index contributed by atoms with van der Waals surface area (Å²) in [6.07, 6.45) is 5.40. The second-order valence-electron chi connectivity index (χ2n) is 9.31. The molecule has 1 aliphatic rings. The lowest BCUT2D eigenvalue weighted by Gasteiger charge is -2.15. The lowest BCUT2D eigenvalue weighted by molar-refractivity contribution is 1.07. The Morgan fingerprint density at radius 2 is 1.08 bits per heavy atom. The Hall–Kier alpha value is -4.89. The van der Waals surface area contributed by atoms with Gasteiger partial charge in [-0.05, 0) is 57.6 Å². The van der Waals surface area contributed by atoms with Crippen molar-refractivity contribution < 1.29 is 0 Å². The van der Waals surface area contributed by atoms with Gasteiger partial charge in [-0.15, -0.1) is 0 Å². The molecule has 6 aromatic rings. The first kappa shape index (κ1) is 21.4. The third-order valence-corrected chi connectivity index (χ3v) is 6.88. The van der Waals surface area contributed by atoms with Crippen LogP contribution < -0.4 is 0 Å². The Balaban J connectivity index is 1.43. The van der Waals surface area contributed by atoms with E-state index in [0.29, 0.717) is 17.5 Å². The van der Waals surface area contributed by atoms with Gasteiger partial charge in [0.05, 0.1) is 0 Å². The number of benzene rings is 5. The van der Waals surface area contributed by atoms with Crippen LogP contribution in [-0.2, 0) is 6.42 Å². The minimum atomic E-state index is 0.666. The van der Waals surface area contributed by atoms with E-state index in [9.17, 15) is 0 Å². The average Bonchev–Trinajstić information content (AvgIpc) is 2.98. The van der Waals surface area contributed by atoms with Crippen molar-refractivity contribution in [1.29, 1.82) is 0 Å². The summed E-state index contributed by atoms with van der Waals surface area (Å²) in [5.41, 5.74) is 7.80. The number of rotatable bonds is 4. The van der Waals surface area contributed by atoms with Crippen LogP contribution in [0.3, 0.4) is 0 Å². The van der Waals surface area contributed by atoms with E-state index in [0.717, 1.165) is 34.2 Å². The summed E-state index contributed by atoms with van der Waals surface area (Å²) in [4.78, 5) is 14.9. The fourth-order valence-electron chi connectivity index (χ4n) is 5.10. The van der Waals surface area contributed by atoms with Crippen molar-refractivity contribution in [2.75, 3.05) is 0 Å². The van der Waals surface area contributed by atoms with Crippen LogP contribution in [0.1, 0.15) is 11.1 Å². The molecule has 3 heteroatoms. The van der Waals surface area contributed by atoms with Crippen molar-refractivity contribution in [3.63, 3.8) is 0 Å². The molecule has 5 aromatic carbocycles. The van der Waals surface area contributed by atoms with Gasteiger partial charge in [0.25, 0.3) is 0 Å². The molecular formula is C34H23N3. The van der Waals surface area contributed by atoms with Crippen LogP contribution >= 0.6 is 0 Å². The van der Waals surface area contributed by atoms with E-state index in [-0.39, 0.29) is 0 Å². The number of aromatic nitrogens is 3. The van der Waals surface area contributed by atoms with Crippen LogP contribution in [0.4, 0.5) is 0 Å². The standard InChI is InChI=1S/C34H23N3/c1-3-10-23(11-4-1)26-16-9-19-29(20-26)33-35-32(25-12-5-2-6-13-25)36-34(37-33)30-21-27-17-7-14-24-15-8-18-28(22-30)31(24)27/h1-14,16-22H,15H2. The van der Waals surface area contributed by atoms with E-state index in [2.05, 4.69) is 91.0 Å². The summed E-state index contributed by atoms with van der Waals surface area (Å²) < 4.78 is 0. The summed E-state index contributed by atoms with van der Waals surface area (Å²) in [5.74, 6) is 2.01. The molecule has 0 unspecified atom stereocenters. The molecule has 0 atom stereocenters. The molecule has 1 aromatic heterocycles. The van der Waals surface area contributed by atoms with E-state index in [1.807, 2.05) is 36.4 Å². The summed E-state index contributed by atoms with van der Waals surface area (Å²) in [7, 11) is 0. The highest BCUT2D eigenvalue weighted by Gasteiger charge is 2.16. The first-order valence-corrected chi connectivity index (χ1v) is 12.5. The van der Waals surface area contributed by atoms with E-state index in [1.54, 1.807) is 0 Å². The maximum atomic E-state index is 5.01. The minimum absolute atomic E-state index is 0.666. The zero-order valence-corrected chi connectivity index (χ0v) is 20.2. The lowest BCUT2D eigenvalue weighted by Crippen LogP contribution is -2.01. The van der Waals surface area contributed by atoms with E-state index >= 15 is 0 Å². The van der Waals surface area contributed by atoms with Gasteiger partial charge in [0, 0.05) is 16.7 Å². The maximum Gasteiger partial charge on any atom is 0.164 e. The third-order valence-electron chi connectivity index (χ3n) is 6.88. The fraction of sp³-hybridized carbons (Fsp3) is 0.0294. The molecule has 0 fully saturated rings. The Morgan fingerprint density at radius 3 is 1.86 bits per heavy atom. The SMILES string of the molecule is C1=Cc2cc(-c3nc(-c4ccccc4)nc(-c4cccc(-c5ccccc5)c4)n3)cc3cccc(c23)C1. The highest BCUT2D eigenvalue weighted by molar-refractivity contribution is 5.97. The van der Waals surface area contributed by atoms with Gasteiger partial charge >= 0.3 is 0 Å². The smallest absolute Gasteiger partial charge is 0.164 e. The molecule has 0 amide bonds. The monoisotopic (exact) mass is 473 g/mol. The van der Waals surface area contributed by atoms with Gasteiger partial charge < -0.3 is 0 Å². The number of hydrogen-bond acceptors (Lipinski definition) is 3. The first-order valence-electron chi connectivity index (χ1n) is 12.5. The van der Waals surface area contributed by atoms with Crippen molar-refractivity contribution >= 4 is 16.8 Å². The molecule has 1 aliphatic carbocycles. The average molecular weight is 474 g/mol. The Bertz CT molecular complexity index is 1790. The summed E-state index contributed by atoms with van der Waals surface area (Å²) in [5, 5.41) is 2.53. The van der Waals surface area contributed by atoms with Gasteiger partial charge in [-0.25, -0.2) is 15.0 Å². The molecule has 37 heavy (non-hydrogen) atoms. The topological polar surface area (TPSA) is 38.7 Å². The van der Waals surface area contributed by atoms with Gasteiger partial charge in [-0.3, -0.25) is 0 Å². The molecule has 0 N–H and O–H groups in total. The van der Waals surface area contributed by atoms with Crippen LogP contribution in [-0.4, -0.2) is 15.0 Å². The Kier molecular flexibility index (Phi) is 5.18. The van der Waals surface area contributed by atoms with Gasteiger partial charge in [0.1, 0.15) is 0 Å². The predicted molar refractivity (Wildman–Crippen MR) is 152 cm³/mol. The highest BCUT2D eigenvalue weighted by atomic mass is 15.0. The first-order chi connectivity index (χ1) is 18.3. The van der Waals surface area contributed by atoms with Crippen LogP contribution in [0.15, 0.2) is 121 Å². The van der Waals surface area contributed by atoms with E-state index in [4.69, 9.17) is 15.0 Å². The zero-order chi connectivity index (χ0) is 24.6. The molecule has 174 valence electrons. The van der Waals surface area contributed by atoms with Crippen molar-refractivity contribution in [3.8, 4) is 45.3 Å². The third kappa shape index (κ3) is 4.01. The van der Waals surface area contributed by atoms with Crippen molar-refractivity contribution in [1.82, 2.24) is 15.0 Å². The molecule has 0 aliphatic heterocycles. The van der Waals surface area contributed by atoms with Gasteiger partial charge in [0.2, 0.25) is 0 Å². The van der Waals surface area contributed by atoms with Gasteiger partial charge in [-0.1, -0.05) is 109 Å². The summed E-state index contributed by atoms with van der Waals surface area (Å²) in [6.45, 7) is 0. The normalized spacial score (nSPS) is 12.1. The molecule has 1 heterocycles. The molecular weight excluding hydrogens is 450 g/mol. The maximum absolute atomic E-state index is 5.01. The molecule has 0 saturated heterocycles. The molecule has 0 radical (unpaired) electrons. The van der Waals surface area contributed by atoms with Crippen LogP contribution in [0.25, 0.3) is 62.1 Å². The fourth-order valence-corrected chi connectivity index (χ4v) is 5.10. The number of allylic oxidation sites excluding steroid dienone is 1. The van der Waals surface area contributed by atoms with Crippen LogP contribution in [0.5, 0.6) is 0 Å². The highest BCUT2D eigenvalue weighted by Crippen LogP contribution is 2.34. The second kappa shape index (κ2) is 8.96. The quantitative estimate of drug-likeness (QED) is 0.259. The largest absolute Gasteiger partial charge is 0.208 e. The van der Waals surface area contributed by atoms with Crippen molar-refractivity contribution in [3.05, 3.63) is 132 Å². The van der Waals surface area contributed by atoms with Gasteiger partial charge in [-0.2, -0.15) is 0 Å². The van der Waals surface area contributed by atoms with Crippen LogP contribution in [0.2, 0.25) is 0 Å². The van der Waals surface area contributed by atoms with E-state index < -0.39 is 0 Å². The molecule has 0 bridgehead atoms. The van der Waals surface area contributed by atoms with Crippen molar-refractivity contribution in [2.24, 2.45) is 0 Å². The predicted octanol–water partition coefficient (Wildman–Crippen LogP) is 8.26. The zero-order valence-electron chi connectivity index (χ0n) is 20.2. The summed E-state index contributed by atoms with van der Waals surface area (Å²) in [6, 6.07) is 39.9. The summed E-state index contributed by atoms with van der Waals surface area (Å²) >= 11 is 0. The number of hydrogen-bond donors (Lipinski definition) is 0. The number of nitrogens with zero attached hydrogens (tertiary/aromatic N) is 3. The van der Waals surface area contributed by atoms with Crippen LogP contribution in [0, 0.1) is 0 Å². The molecule has 0 spiro atoms. The lowest BCUT2D eigenvalue weighted by atomic mass is 9.91. The molecule has 0 saturated carbocycles. The minimum Gasteiger partial charge on any atom is -0.208 e. The van der Waals surface area contributed by atoms with E-state index in [1.165, 1.54) is 21.9 Å². The van der Waals surface area contributed by atoms with Crippen molar-refractivity contribution in [2.45, 2.75) is 6.42 Å². The Morgan fingerprint density at radius 1 is 0.459 bits per heavy atom. The molecule has 3 nitrogen and oxygen atoms in total.